The Labute approximate surface area is 215 Å². The first-order valence-corrected chi connectivity index (χ1v) is 13.4. The highest BCUT2D eigenvalue weighted by atomic mass is 16.5. The van der Waals surface area contributed by atoms with Gasteiger partial charge in [0.05, 0.1) is 10.8 Å². The molecule has 0 fully saturated rings. The molecular weight excluding hydrogens is 444 g/mol. The van der Waals surface area contributed by atoms with Gasteiger partial charge < -0.3 is 10.4 Å². The summed E-state index contributed by atoms with van der Waals surface area (Å²) < 4.78 is 2.49. The molecule has 2 aliphatic heterocycles. The van der Waals surface area contributed by atoms with Gasteiger partial charge in [0.1, 0.15) is 0 Å². The lowest BCUT2D eigenvalue weighted by molar-refractivity contribution is -0.486. The molecule has 0 radical (unpaired) electrons. The van der Waals surface area contributed by atoms with Crippen LogP contribution in [0, 0.1) is 33.1 Å². The Morgan fingerprint density at radius 1 is 0.611 bits per heavy atom. The van der Waals surface area contributed by atoms with E-state index in [1.54, 1.807) is 0 Å². The predicted molar refractivity (Wildman–Crippen MR) is 147 cm³/mol. The average molecular weight is 483 g/mol. The Bertz CT molecular complexity index is 1120. The Hall–Kier alpha value is -3.14. The first kappa shape index (κ1) is 24.5. The SMILES string of the molecule is CC1(C)C(c2ccccc2)=[N+]([O-])[C@@H]2C=CCC[C@@H]21.CC1(C)C(c2ccccc2)=[N+]([O-])[C@H]2C=CCC[C@H]21. The van der Waals surface area contributed by atoms with E-state index in [2.05, 4.69) is 52.0 Å². The van der Waals surface area contributed by atoms with Crippen molar-refractivity contribution in [2.45, 2.75) is 65.5 Å². The number of hydrogen-bond acceptors (Lipinski definition) is 2. The molecule has 0 amide bonds. The average Bonchev–Trinajstić information content (AvgIpc) is 3.23. The van der Waals surface area contributed by atoms with Gasteiger partial charge in [-0.15, -0.1) is 0 Å². The molecule has 0 N–H and O–H groups in total. The van der Waals surface area contributed by atoms with Crippen molar-refractivity contribution >= 4 is 11.4 Å². The van der Waals surface area contributed by atoms with E-state index in [9.17, 15) is 10.4 Å². The lowest BCUT2D eigenvalue weighted by atomic mass is 9.70. The molecule has 2 aromatic carbocycles. The molecule has 188 valence electrons. The highest BCUT2D eigenvalue weighted by Gasteiger charge is 2.54. The fourth-order valence-electron chi connectivity index (χ4n) is 7.10. The number of nitrogens with zero attached hydrogens (tertiary/aromatic N) is 2. The van der Waals surface area contributed by atoms with E-state index < -0.39 is 0 Å². The Morgan fingerprint density at radius 3 is 1.31 bits per heavy atom. The monoisotopic (exact) mass is 482 g/mol. The molecule has 6 rings (SSSR count). The van der Waals surface area contributed by atoms with Crippen LogP contribution in [0.15, 0.2) is 85.0 Å². The molecular formula is C32H38N2O2. The molecule has 2 aromatic rings. The van der Waals surface area contributed by atoms with E-state index in [4.69, 9.17) is 0 Å². The largest absolute Gasteiger partial charge is 0.623 e. The van der Waals surface area contributed by atoms with Gasteiger partial charge in [0.15, 0.2) is 12.1 Å². The molecule has 4 atom stereocenters. The van der Waals surface area contributed by atoms with Gasteiger partial charge in [0, 0.05) is 23.0 Å². The Morgan fingerprint density at radius 2 is 0.972 bits per heavy atom. The number of allylic oxidation sites excluding steroid dienone is 2. The van der Waals surface area contributed by atoms with Gasteiger partial charge in [0.25, 0.3) is 0 Å². The quantitative estimate of drug-likeness (QED) is 0.271. The minimum Gasteiger partial charge on any atom is -0.623 e. The van der Waals surface area contributed by atoms with E-state index in [1.165, 1.54) is 9.48 Å². The van der Waals surface area contributed by atoms with Crippen molar-refractivity contribution in [3.63, 3.8) is 0 Å². The molecule has 36 heavy (non-hydrogen) atoms. The molecule has 2 aliphatic carbocycles. The smallest absolute Gasteiger partial charge is 0.201 e. The highest BCUT2D eigenvalue weighted by Crippen LogP contribution is 2.46. The number of rotatable bonds is 2. The second-order valence-electron chi connectivity index (χ2n) is 11.7. The van der Waals surface area contributed by atoms with Crippen molar-refractivity contribution in [3.05, 3.63) is 107 Å². The zero-order valence-electron chi connectivity index (χ0n) is 21.9. The number of benzene rings is 2. The van der Waals surface area contributed by atoms with E-state index in [0.717, 1.165) is 48.2 Å². The summed E-state index contributed by atoms with van der Waals surface area (Å²) in [5.41, 5.74) is 3.95. The lowest BCUT2D eigenvalue weighted by Crippen LogP contribution is -2.32. The van der Waals surface area contributed by atoms with E-state index in [1.807, 2.05) is 60.7 Å². The van der Waals surface area contributed by atoms with E-state index in [-0.39, 0.29) is 22.9 Å². The van der Waals surface area contributed by atoms with Crippen LogP contribution in [0.1, 0.15) is 64.5 Å². The maximum absolute atomic E-state index is 12.6. The van der Waals surface area contributed by atoms with Gasteiger partial charge in [-0.05, 0) is 89.8 Å². The summed E-state index contributed by atoms with van der Waals surface area (Å²) in [6.07, 6.45) is 12.9. The van der Waals surface area contributed by atoms with Crippen molar-refractivity contribution in [1.82, 2.24) is 0 Å². The van der Waals surface area contributed by atoms with Gasteiger partial charge in [-0.3, -0.25) is 0 Å². The molecule has 4 nitrogen and oxygen atoms in total. The summed E-state index contributed by atoms with van der Waals surface area (Å²) in [4.78, 5) is 0. The van der Waals surface area contributed by atoms with Crippen LogP contribution < -0.4 is 0 Å². The zero-order valence-corrected chi connectivity index (χ0v) is 21.9. The summed E-state index contributed by atoms with van der Waals surface area (Å²) in [7, 11) is 0. The summed E-state index contributed by atoms with van der Waals surface area (Å²) >= 11 is 0. The van der Waals surface area contributed by atoms with Gasteiger partial charge in [-0.1, -0.05) is 48.6 Å². The number of hydroxylamine groups is 2. The van der Waals surface area contributed by atoms with Crippen LogP contribution in [0.25, 0.3) is 0 Å². The van der Waals surface area contributed by atoms with Crippen molar-refractivity contribution in [1.29, 1.82) is 0 Å². The normalized spacial score (nSPS) is 29.4. The van der Waals surface area contributed by atoms with Crippen LogP contribution in [-0.2, 0) is 0 Å². The minimum atomic E-state index is -0.0431. The van der Waals surface area contributed by atoms with Gasteiger partial charge in [-0.2, -0.15) is 0 Å². The van der Waals surface area contributed by atoms with E-state index in [0.29, 0.717) is 11.8 Å². The standard InChI is InChI=1S/2C16H19NO/c2*1-16(2)13-10-6-7-11-14(13)17(18)15(16)12-8-4-3-5-9-12/h2*3-5,7-9,11,13-14H,6,10H2,1-2H3/t2*13-,14+/m10/s1. The van der Waals surface area contributed by atoms with Crippen LogP contribution in [0.2, 0.25) is 0 Å². The van der Waals surface area contributed by atoms with Crippen LogP contribution in [-0.4, -0.2) is 33.0 Å². The van der Waals surface area contributed by atoms with Crippen LogP contribution in [0.3, 0.4) is 0 Å². The van der Waals surface area contributed by atoms with Gasteiger partial charge in [-0.25, -0.2) is 9.48 Å². The molecule has 2 heterocycles. The molecule has 0 spiro atoms. The minimum absolute atomic E-state index is 0.0314. The predicted octanol–water partition coefficient (Wildman–Crippen LogP) is 6.72. The van der Waals surface area contributed by atoms with Crippen LogP contribution in [0.5, 0.6) is 0 Å². The fraction of sp³-hybridized carbons (Fsp3) is 0.438. The third-order valence-corrected chi connectivity index (χ3v) is 8.93. The molecule has 4 heteroatoms. The summed E-state index contributed by atoms with van der Waals surface area (Å²) in [6.45, 7) is 8.85. The molecule has 0 saturated carbocycles. The first-order chi connectivity index (χ1) is 17.2. The number of fused-ring (bicyclic) bond motifs is 2. The second kappa shape index (κ2) is 9.38. The Kier molecular flexibility index (Phi) is 6.40. The first-order valence-electron chi connectivity index (χ1n) is 13.4. The third-order valence-electron chi connectivity index (χ3n) is 8.93. The summed E-state index contributed by atoms with van der Waals surface area (Å²) in [5, 5.41) is 25.2. The molecule has 0 unspecified atom stereocenters. The lowest BCUT2D eigenvalue weighted by Gasteiger charge is -2.27. The fourth-order valence-corrected chi connectivity index (χ4v) is 7.10. The highest BCUT2D eigenvalue weighted by molar-refractivity contribution is 6.02. The zero-order chi connectivity index (χ0) is 25.5. The molecule has 0 aromatic heterocycles. The maximum atomic E-state index is 12.6. The molecule has 4 aliphatic rings. The molecule has 0 bridgehead atoms. The summed E-state index contributed by atoms with van der Waals surface area (Å²) in [5.74, 6) is 0.880. The van der Waals surface area contributed by atoms with Crippen molar-refractivity contribution in [3.8, 4) is 0 Å². The van der Waals surface area contributed by atoms with Gasteiger partial charge >= 0.3 is 0 Å². The van der Waals surface area contributed by atoms with Crippen molar-refractivity contribution < 1.29 is 9.48 Å². The Balaban J connectivity index is 0.000000148. The van der Waals surface area contributed by atoms with Crippen molar-refractivity contribution in [2.75, 3.05) is 0 Å². The van der Waals surface area contributed by atoms with Crippen molar-refractivity contribution in [2.24, 2.45) is 22.7 Å². The third kappa shape index (κ3) is 4.01. The van der Waals surface area contributed by atoms with Crippen LogP contribution >= 0.6 is 0 Å². The summed E-state index contributed by atoms with van der Waals surface area (Å²) in [6, 6.07) is 20.2. The molecule has 0 saturated heterocycles. The maximum Gasteiger partial charge on any atom is 0.201 e. The van der Waals surface area contributed by atoms with Gasteiger partial charge in [0.2, 0.25) is 11.4 Å². The number of hydrogen-bond donors (Lipinski definition) is 0. The second-order valence-corrected chi connectivity index (χ2v) is 11.7. The topological polar surface area (TPSA) is 52.1 Å². The van der Waals surface area contributed by atoms with Crippen LogP contribution in [0.4, 0.5) is 0 Å². The van der Waals surface area contributed by atoms with E-state index >= 15 is 0 Å².